The normalized spacial score (nSPS) is 10.9. The molecule has 3 amide bonds. The number of thiol groups is 1. The average molecular weight is 1040 g/mol. The van der Waals surface area contributed by atoms with Crippen LogP contribution in [0, 0.1) is 11.8 Å². The van der Waals surface area contributed by atoms with Crippen molar-refractivity contribution in [3.05, 3.63) is 52.1 Å². The molecule has 0 fully saturated rings. The van der Waals surface area contributed by atoms with Crippen molar-refractivity contribution in [2.45, 2.75) is 90.8 Å². The first-order valence-electron chi connectivity index (χ1n) is 21.1. The molecule has 4 atom stereocenters. The van der Waals surface area contributed by atoms with Crippen LogP contribution in [0.3, 0.4) is 0 Å². The van der Waals surface area contributed by atoms with Gasteiger partial charge in [0.05, 0.1) is 30.5 Å². The van der Waals surface area contributed by atoms with Gasteiger partial charge in [-0.05, 0) is 62.6 Å². The summed E-state index contributed by atoms with van der Waals surface area (Å²) in [6.07, 6.45) is 4.38. The van der Waals surface area contributed by atoms with Crippen molar-refractivity contribution in [2.75, 3.05) is 29.9 Å². The molecule has 73 heavy (non-hydrogen) atoms. The number of hydrogen-bond donors (Lipinski definition) is 9. The van der Waals surface area contributed by atoms with Crippen LogP contribution in [0.2, 0.25) is 0 Å². The number of nitrogens with zero attached hydrogens (tertiary/aromatic N) is 4. The number of anilines is 2. The number of nitrogen functional groups attached to an aromatic ring is 1. The summed E-state index contributed by atoms with van der Waals surface area (Å²) in [6, 6.07) is 5.04. The summed E-state index contributed by atoms with van der Waals surface area (Å²) in [5.74, 6) is -3.10. The predicted molar refractivity (Wildman–Crippen MR) is 248 cm³/mol. The number of ketones is 3. The number of aromatic amines is 1. The van der Waals surface area contributed by atoms with E-state index < -0.39 is 41.3 Å². The minimum absolute atomic E-state index is 0.0484. The smallest absolute Gasteiger partial charge is 0.373 e. The van der Waals surface area contributed by atoms with Gasteiger partial charge in [0, 0.05) is 61.9 Å². The Kier molecular flexibility index (Phi) is 39.2. The highest BCUT2D eigenvalue weighted by atomic mass is 32.1. The molecule has 0 aliphatic heterocycles. The number of H-pyrrole nitrogens is 1. The number of nitrogens with one attached hydrogen (secondary N) is 5. The van der Waals surface area contributed by atoms with Crippen molar-refractivity contribution in [3.8, 4) is 0 Å². The molecule has 394 valence electrons. The molecule has 0 radical (unpaired) electrons. The van der Waals surface area contributed by atoms with Crippen LogP contribution in [0.4, 0.5) is 11.6 Å². The summed E-state index contributed by atoms with van der Waals surface area (Å²) in [5, 5.41) is 11.3. The molecule has 2 heterocycles. The van der Waals surface area contributed by atoms with Crippen molar-refractivity contribution >= 4 is 107 Å². The molecule has 3 aromatic rings. The van der Waals surface area contributed by atoms with Gasteiger partial charge in [-0.15, -0.1) is 0 Å². The van der Waals surface area contributed by atoms with Crippen LogP contribution in [0.5, 0.6) is 0 Å². The number of benzene rings is 1. The highest BCUT2D eigenvalue weighted by Gasteiger charge is 2.28. The lowest BCUT2D eigenvalue weighted by Gasteiger charge is -2.22. The van der Waals surface area contributed by atoms with Crippen molar-refractivity contribution in [1.29, 1.82) is 0 Å². The molecule has 11 N–H and O–H groups in total. The molecule has 2 aromatic heterocycles. The Morgan fingerprint density at radius 3 is 1.84 bits per heavy atom. The second-order valence-electron chi connectivity index (χ2n) is 14.4. The van der Waals surface area contributed by atoms with E-state index in [-0.39, 0.29) is 129 Å². The maximum atomic E-state index is 13.3. The van der Waals surface area contributed by atoms with Gasteiger partial charge in [-0.3, -0.25) is 43.5 Å². The third-order valence-electron chi connectivity index (χ3n) is 9.03. The first-order valence-corrected chi connectivity index (χ1v) is 21.7. The Balaban J connectivity index is -0.00000290. The van der Waals surface area contributed by atoms with E-state index in [1.807, 2.05) is 0 Å². The van der Waals surface area contributed by atoms with E-state index in [2.05, 4.69) is 58.8 Å². The summed E-state index contributed by atoms with van der Waals surface area (Å²) in [5.41, 5.74) is 17.7. The van der Waals surface area contributed by atoms with Crippen LogP contribution in [0.1, 0.15) is 88.2 Å². The lowest BCUT2D eigenvalue weighted by atomic mass is 9.95. The van der Waals surface area contributed by atoms with Crippen LogP contribution in [0.25, 0.3) is 11.2 Å². The number of carbonyl (C=O) groups is 6. The lowest BCUT2D eigenvalue weighted by molar-refractivity contribution is -0.193. The van der Waals surface area contributed by atoms with Gasteiger partial charge in [0.1, 0.15) is 5.78 Å². The predicted octanol–water partition coefficient (Wildman–Crippen LogP) is -1.99. The van der Waals surface area contributed by atoms with Crippen molar-refractivity contribution in [2.24, 2.45) is 28.3 Å². The van der Waals surface area contributed by atoms with Gasteiger partial charge >= 0.3 is 30.8 Å². The molecule has 0 aliphatic rings. The number of guanidine groups is 1. The largest absolute Gasteiger partial charge is 0.379 e. The number of Topliss-reactive ketones (excluding diaryl/α,β-unsaturated/α-hetero) is 3. The van der Waals surface area contributed by atoms with E-state index in [1.54, 1.807) is 45.0 Å². The molecule has 3 rings (SSSR count). The number of nitrogens with two attached hydrogens (primary N) is 3. The van der Waals surface area contributed by atoms with Crippen LogP contribution in [-0.2, 0) is 78.5 Å². The second-order valence-corrected chi connectivity index (χ2v) is 14.9. The third kappa shape index (κ3) is 32.4. The molecule has 0 unspecified atom stereocenters. The zero-order valence-corrected chi connectivity index (χ0v) is 40.5. The van der Waals surface area contributed by atoms with Gasteiger partial charge in [0.15, 0.2) is 28.7 Å². The Morgan fingerprint density at radius 1 is 0.740 bits per heavy atom. The van der Waals surface area contributed by atoms with Gasteiger partial charge in [0.25, 0.3) is 11.5 Å². The summed E-state index contributed by atoms with van der Waals surface area (Å²) in [7, 11) is 0. The number of aromatic nitrogens is 4. The maximum absolute atomic E-state index is 13.3. The highest BCUT2D eigenvalue weighted by molar-refractivity contribution is 7.80. The zero-order chi connectivity index (χ0) is 56.3. The molecular formula is C43H54N12O17S. The Labute approximate surface area is 419 Å². The van der Waals surface area contributed by atoms with E-state index in [4.69, 9.17) is 65.1 Å². The summed E-state index contributed by atoms with van der Waals surface area (Å²) < 4.78 is 0. The van der Waals surface area contributed by atoms with Gasteiger partial charge in [-0.2, -0.15) is 65.6 Å². The monoisotopic (exact) mass is 1040 g/mol. The van der Waals surface area contributed by atoms with Crippen LogP contribution in [-0.4, -0.2) is 123 Å². The Bertz CT molecular complexity index is 2440. The molecule has 0 spiro atoms. The fraction of sp³-hybridized carbons (Fsp3) is 0.442. The van der Waals surface area contributed by atoms with Gasteiger partial charge in [0.2, 0.25) is 17.8 Å². The number of carbonyl (C=O) groups excluding carboxylic acids is 16. The quantitative estimate of drug-likeness (QED) is 0.0192. The molecule has 0 aliphatic carbocycles. The Morgan fingerprint density at radius 2 is 1.29 bits per heavy atom. The minimum atomic E-state index is -0.951. The molecular weight excluding hydrogens is 989 g/mol. The summed E-state index contributed by atoms with van der Waals surface area (Å²) in [4.78, 5) is 189. The van der Waals surface area contributed by atoms with E-state index >= 15 is 0 Å². The van der Waals surface area contributed by atoms with E-state index in [0.717, 1.165) is 0 Å². The maximum Gasteiger partial charge on any atom is 0.373 e. The zero-order valence-electron chi connectivity index (χ0n) is 39.6. The van der Waals surface area contributed by atoms with E-state index in [9.17, 15) is 33.6 Å². The number of amides is 3. The van der Waals surface area contributed by atoms with Crippen LogP contribution in [0.15, 0.2) is 40.2 Å². The van der Waals surface area contributed by atoms with Gasteiger partial charge in [-0.25, -0.2) is 9.97 Å². The molecule has 0 saturated heterocycles. The molecule has 0 bridgehead atoms. The first-order chi connectivity index (χ1) is 34.6. The number of hydrogen-bond acceptors (Lipinski definition) is 24. The SMILES string of the molecule is C[C@@H](CC(=O)[C@@H](CCCN=C(N)N)NC(=O)[C@@H](C)CC(=O)CCCNC(=O)c1ccc(NCc2cnc3nc(N)[nH]c(=O)c3n2)cc1)C(=O)N[C@H](C)C(=O)CCCS.O=C=O.O=C=O.O=C=O.O=C=O.O=C=O. The fourth-order valence-corrected chi connectivity index (χ4v) is 5.85. The summed E-state index contributed by atoms with van der Waals surface area (Å²) >= 11 is 4.10. The first kappa shape index (κ1) is 68.2. The van der Waals surface area contributed by atoms with Crippen molar-refractivity contribution in [3.63, 3.8) is 0 Å². The molecule has 30 heteroatoms. The fourth-order valence-electron chi connectivity index (χ4n) is 5.69. The lowest BCUT2D eigenvalue weighted by Crippen LogP contribution is -2.46. The molecule has 1 aromatic carbocycles. The van der Waals surface area contributed by atoms with E-state index in [1.165, 1.54) is 6.20 Å². The van der Waals surface area contributed by atoms with Crippen LogP contribution >= 0.6 is 12.6 Å². The number of rotatable bonds is 25. The van der Waals surface area contributed by atoms with Gasteiger partial charge < -0.3 is 38.5 Å². The highest BCUT2D eigenvalue weighted by Crippen LogP contribution is 2.14. The number of aliphatic imine (C=N–C) groups is 1. The Hall–Kier alpha value is -9.02. The van der Waals surface area contributed by atoms with E-state index in [0.29, 0.717) is 42.0 Å². The average Bonchev–Trinajstić information content (AvgIpc) is 3.33. The topological polar surface area (TPSA) is 483 Å². The minimum Gasteiger partial charge on any atom is -0.379 e. The third-order valence-corrected chi connectivity index (χ3v) is 9.35. The molecule has 0 saturated carbocycles. The van der Waals surface area contributed by atoms with Crippen molar-refractivity contribution in [1.82, 2.24) is 35.9 Å². The van der Waals surface area contributed by atoms with Gasteiger partial charge in [-0.1, -0.05) is 13.8 Å². The summed E-state index contributed by atoms with van der Waals surface area (Å²) in [6.45, 7) is 5.45. The van der Waals surface area contributed by atoms with Crippen molar-refractivity contribution < 1.29 is 76.7 Å². The molecule has 29 nitrogen and oxygen atoms in total. The van der Waals surface area contributed by atoms with Crippen LogP contribution < -0.4 is 44.0 Å². The standard InChI is InChI=1S/C38H54N12O7S.5CO2/c1-21(34(55)48-28(8-5-15-43-37(39)40)30(53)18-22(2)33(54)46-23(3)29(52)9-6-16-58)17-27(51)7-4-14-42-35(56)24-10-12-25(13-11-24)44-19-26-20-45-32-31(47-26)36(57)50-38(41)49-32;5*2-1-3/h10-13,20-23,28,44,58H,4-9,14-19H2,1-3H3,(H,42,56)(H,46,54)(H,48,55)(H4,39,40,43)(H3,41,45,49,50,57);;;;;/t21-,22-,23+,28+;;;;;/m0...../s1. The second kappa shape index (κ2) is 41.9. The number of fused-ring (bicyclic) bond motifs is 1.